The maximum Gasteiger partial charge on any atom is 0.310 e. The van der Waals surface area contributed by atoms with Crippen LogP contribution in [-0.2, 0) is 23.7 Å². The van der Waals surface area contributed by atoms with Crippen LogP contribution in [0.25, 0.3) is 0 Å². The van der Waals surface area contributed by atoms with Gasteiger partial charge in [-0.05, 0) is 116 Å². The van der Waals surface area contributed by atoms with E-state index in [0.29, 0.717) is 24.2 Å². The summed E-state index contributed by atoms with van der Waals surface area (Å²) in [6.07, 6.45) is 4.45. The molecule has 0 aromatic carbocycles. The fourth-order valence-electron chi connectivity index (χ4n) is 13.1. The number of carbonyl (C=O) groups is 1. The molecule has 49 heavy (non-hydrogen) atoms. The van der Waals surface area contributed by atoms with Crippen molar-refractivity contribution in [2.24, 2.45) is 57.2 Å². The third-order valence-electron chi connectivity index (χ3n) is 16.5. The van der Waals surface area contributed by atoms with E-state index in [1.54, 1.807) is 0 Å². The molecule has 11 unspecified atom stereocenters. The van der Waals surface area contributed by atoms with Crippen molar-refractivity contribution in [3.63, 3.8) is 0 Å². The number of carboxylic acid groups (broad SMARTS) is 1. The van der Waals surface area contributed by atoms with Crippen molar-refractivity contribution in [2.75, 3.05) is 6.61 Å². The summed E-state index contributed by atoms with van der Waals surface area (Å²) in [5.41, 5.74) is 1.00. The van der Waals surface area contributed by atoms with Gasteiger partial charge in [0, 0.05) is 5.92 Å². The molecule has 10 nitrogen and oxygen atoms in total. The lowest BCUT2D eigenvalue weighted by molar-refractivity contribution is -0.348. The average molecular weight is 689 g/mol. The topological polar surface area (TPSA) is 155 Å². The number of aliphatic hydroxyl groups is 4. The molecule has 0 radical (unpaired) electrons. The second-order valence-electron chi connectivity index (χ2n) is 18.6. The van der Waals surface area contributed by atoms with Gasteiger partial charge in [0.2, 0.25) is 0 Å². The molecule has 0 aromatic rings. The molecule has 5 N–H and O–H groups in total. The van der Waals surface area contributed by atoms with E-state index in [0.717, 1.165) is 64.2 Å². The van der Waals surface area contributed by atoms with E-state index in [1.807, 2.05) is 0 Å². The van der Waals surface area contributed by atoms with E-state index in [9.17, 15) is 30.3 Å². The average Bonchev–Trinajstić information content (AvgIpc) is 3.84. The smallest absolute Gasteiger partial charge is 0.310 e. The molecular formula is C39H60O10. The van der Waals surface area contributed by atoms with Crippen LogP contribution in [-0.4, -0.2) is 93.4 Å². The molecule has 2 saturated heterocycles. The second-order valence-corrected chi connectivity index (χ2v) is 18.6. The summed E-state index contributed by atoms with van der Waals surface area (Å²) in [4.78, 5) is 12.9. The molecule has 19 atom stereocenters. The lowest BCUT2D eigenvalue weighted by atomic mass is 9.35. The fraction of sp³-hybridized carbons (Fsp3) is 0.923. The lowest BCUT2D eigenvalue weighted by Crippen LogP contribution is -2.64. The molecule has 6 aliphatic carbocycles. The Morgan fingerprint density at radius 3 is 2.41 bits per heavy atom. The minimum atomic E-state index is -1.30. The van der Waals surface area contributed by atoms with Crippen LogP contribution in [0.15, 0.2) is 11.6 Å². The van der Waals surface area contributed by atoms with Crippen LogP contribution in [0.1, 0.15) is 105 Å². The number of aliphatic carboxylic acids is 1. The number of hydrogen-bond acceptors (Lipinski definition) is 9. The van der Waals surface area contributed by atoms with E-state index < -0.39 is 54.5 Å². The molecule has 5 saturated carbocycles. The number of rotatable bonds is 5. The zero-order valence-corrected chi connectivity index (χ0v) is 30.0. The predicted molar refractivity (Wildman–Crippen MR) is 178 cm³/mol. The van der Waals surface area contributed by atoms with E-state index in [1.165, 1.54) is 5.57 Å². The van der Waals surface area contributed by atoms with Gasteiger partial charge in [-0.1, -0.05) is 46.3 Å². The van der Waals surface area contributed by atoms with Gasteiger partial charge in [0.25, 0.3) is 0 Å². The van der Waals surface area contributed by atoms with Gasteiger partial charge < -0.3 is 44.5 Å². The van der Waals surface area contributed by atoms with Gasteiger partial charge in [-0.15, -0.1) is 0 Å². The molecule has 0 amide bonds. The zero-order chi connectivity index (χ0) is 34.8. The molecule has 2 heterocycles. The Bertz CT molecular complexity index is 1340. The summed E-state index contributed by atoms with van der Waals surface area (Å²) in [5.74, 6) is 1.11. The van der Waals surface area contributed by atoms with Crippen LogP contribution in [0.5, 0.6) is 0 Å². The predicted octanol–water partition coefficient (Wildman–Crippen LogP) is 4.41. The number of allylic oxidation sites excluding steroid dienone is 2. The van der Waals surface area contributed by atoms with Gasteiger partial charge >= 0.3 is 5.97 Å². The Morgan fingerprint density at radius 2 is 1.65 bits per heavy atom. The molecule has 0 aromatic heterocycles. The number of hydrogen-bond donors (Lipinski definition) is 5. The van der Waals surface area contributed by atoms with Crippen molar-refractivity contribution < 1.29 is 49.3 Å². The Morgan fingerprint density at radius 1 is 0.878 bits per heavy atom. The SMILES string of the molecule is C[C@H]1CC[C@]2(C(=O)O)CC[C@]3(C)C(=CCC4[C@@]5(C)CC[C@H](OC6OCC(O)C(O)C6OC6OC7CC7C(O)C6O)[C@H](C)C5CC[C@]43C)[C@@H]2C1. The maximum absolute atomic E-state index is 12.9. The summed E-state index contributed by atoms with van der Waals surface area (Å²) in [7, 11) is 0. The Balaban J connectivity index is 1.01. The lowest BCUT2D eigenvalue weighted by Gasteiger charge is -2.70. The summed E-state index contributed by atoms with van der Waals surface area (Å²) in [6.45, 7) is 12.0. The Hall–Kier alpha value is -1.11. The molecule has 276 valence electrons. The van der Waals surface area contributed by atoms with E-state index >= 15 is 0 Å². The molecular weight excluding hydrogens is 628 g/mol. The summed E-state index contributed by atoms with van der Waals surface area (Å²) in [5, 5.41) is 53.3. The fourth-order valence-corrected chi connectivity index (χ4v) is 13.1. The van der Waals surface area contributed by atoms with Gasteiger partial charge in [-0.3, -0.25) is 4.79 Å². The summed E-state index contributed by atoms with van der Waals surface area (Å²) < 4.78 is 24.6. The number of ether oxygens (including phenoxy) is 4. The largest absolute Gasteiger partial charge is 0.481 e. The van der Waals surface area contributed by atoms with Crippen molar-refractivity contribution in [1.82, 2.24) is 0 Å². The Kier molecular flexibility index (Phi) is 8.53. The molecule has 7 fully saturated rings. The zero-order valence-electron chi connectivity index (χ0n) is 30.0. The minimum absolute atomic E-state index is 0.0154. The first kappa shape index (κ1) is 34.9. The molecule has 0 bridgehead atoms. The first-order valence-corrected chi connectivity index (χ1v) is 19.4. The standard InChI is InChI=1S/C39H60O10/c1-19-8-13-39(35(44)45)15-14-37(4)23(24(39)16-19)6-7-28-36(3)11-10-26(20(2)22(36)9-12-38(28,37)5)47-34-32(30(42)25(40)18-46-34)49-33-31(43)29(41)21-17-27(21)48-33/h6,19-22,24-34,40-43H,7-18H2,1-5H3,(H,44,45)/t19-,20+,21?,22?,24-,25?,26-,27?,28?,29?,30?,31?,32?,33?,34?,36-,37+,38+,39-/m0/s1. The molecule has 8 aliphatic rings. The van der Waals surface area contributed by atoms with Gasteiger partial charge in [0.05, 0.1) is 30.3 Å². The second kappa shape index (κ2) is 12.0. The van der Waals surface area contributed by atoms with Gasteiger partial charge in [0.15, 0.2) is 12.6 Å². The van der Waals surface area contributed by atoms with Crippen LogP contribution < -0.4 is 0 Å². The highest BCUT2D eigenvalue weighted by molar-refractivity contribution is 5.76. The van der Waals surface area contributed by atoms with Crippen molar-refractivity contribution in [3.8, 4) is 0 Å². The van der Waals surface area contributed by atoms with Crippen molar-refractivity contribution in [3.05, 3.63) is 11.6 Å². The van der Waals surface area contributed by atoms with Crippen LogP contribution in [0.2, 0.25) is 0 Å². The summed E-state index contributed by atoms with van der Waals surface area (Å²) in [6, 6.07) is 0. The van der Waals surface area contributed by atoms with Gasteiger partial charge in [-0.2, -0.15) is 0 Å². The molecule has 0 spiro atoms. The highest BCUT2D eigenvalue weighted by Gasteiger charge is 2.68. The van der Waals surface area contributed by atoms with Crippen LogP contribution in [0.3, 0.4) is 0 Å². The van der Waals surface area contributed by atoms with E-state index in [2.05, 4.69) is 40.7 Å². The molecule has 10 heteroatoms. The first-order chi connectivity index (χ1) is 23.1. The summed E-state index contributed by atoms with van der Waals surface area (Å²) >= 11 is 0. The highest BCUT2D eigenvalue weighted by Crippen LogP contribution is 2.74. The van der Waals surface area contributed by atoms with Crippen LogP contribution >= 0.6 is 0 Å². The van der Waals surface area contributed by atoms with E-state index in [-0.39, 0.29) is 52.8 Å². The first-order valence-electron chi connectivity index (χ1n) is 19.4. The Labute approximate surface area is 290 Å². The quantitative estimate of drug-likeness (QED) is 0.207. The third-order valence-corrected chi connectivity index (χ3v) is 16.5. The number of aliphatic hydroxyl groups excluding tert-OH is 4. The monoisotopic (exact) mass is 688 g/mol. The minimum Gasteiger partial charge on any atom is -0.481 e. The third kappa shape index (κ3) is 5.04. The van der Waals surface area contributed by atoms with Crippen LogP contribution in [0, 0.1) is 57.2 Å². The van der Waals surface area contributed by atoms with E-state index in [4.69, 9.17) is 18.9 Å². The number of carboxylic acids is 1. The molecule has 2 aliphatic heterocycles. The van der Waals surface area contributed by atoms with Crippen molar-refractivity contribution >= 4 is 5.97 Å². The normalized spacial score (nSPS) is 58.1. The highest BCUT2D eigenvalue weighted by atomic mass is 16.8. The van der Waals surface area contributed by atoms with Crippen molar-refractivity contribution in [1.29, 1.82) is 0 Å². The number of fused-ring (bicyclic) bond motifs is 8. The van der Waals surface area contributed by atoms with Crippen molar-refractivity contribution in [2.45, 2.75) is 161 Å². The van der Waals surface area contributed by atoms with Crippen LogP contribution in [0.4, 0.5) is 0 Å². The molecule has 8 rings (SSSR count). The van der Waals surface area contributed by atoms with Gasteiger partial charge in [-0.25, -0.2) is 0 Å². The maximum atomic E-state index is 12.9. The van der Waals surface area contributed by atoms with Gasteiger partial charge in [0.1, 0.15) is 24.4 Å².